The van der Waals surface area contributed by atoms with Crippen LogP contribution in [0.2, 0.25) is 0 Å². The first-order valence-electron chi connectivity index (χ1n) is 9.09. The first-order valence-corrected chi connectivity index (χ1v) is 9.09. The molecule has 0 spiro atoms. The minimum Gasteiger partial charge on any atom is -0.508 e. The molecule has 0 aromatic heterocycles. The van der Waals surface area contributed by atoms with Gasteiger partial charge in [-0.1, -0.05) is 81.3 Å². The second-order valence-corrected chi connectivity index (χ2v) is 6.58. The molecule has 0 aliphatic carbocycles. The van der Waals surface area contributed by atoms with Crippen LogP contribution in [0.5, 0.6) is 5.75 Å². The van der Waals surface area contributed by atoms with E-state index in [0.717, 1.165) is 6.42 Å². The van der Waals surface area contributed by atoms with Crippen LogP contribution in [-0.4, -0.2) is 5.11 Å². The van der Waals surface area contributed by atoms with Crippen LogP contribution < -0.4 is 0 Å². The van der Waals surface area contributed by atoms with Crippen molar-refractivity contribution < 1.29 is 5.11 Å². The van der Waals surface area contributed by atoms with Crippen LogP contribution in [0.15, 0.2) is 42.5 Å². The van der Waals surface area contributed by atoms with Crippen LogP contribution in [0.25, 0.3) is 11.1 Å². The number of rotatable bonds is 9. The van der Waals surface area contributed by atoms with Crippen LogP contribution in [0, 0.1) is 6.92 Å². The Bertz CT molecular complexity index is 583. The quantitative estimate of drug-likeness (QED) is 0.513. The molecule has 0 heterocycles. The van der Waals surface area contributed by atoms with Gasteiger partial charge >= 0.3 is 0 Å². The van der Waals surface area contributed by atoms with E-state index in [-0.39, 0.29) is 0 Å². The molecule has 0 radical (unpaired) electrons. The summed E-state index contributed by atoms with van der Waals surface area (Å²) in [7, 11) is 0. The first-order chi connectivity index (χ1) is 11.2. The Labute approximate surface area is 141 Å². The third-order valence-electron chi connectivity index (χ3n) is 4.49. The lowest BCUT2D eigenvalue weighted by Crippen LogP contribution is -1.92. The van der Waals surface area contributed by atoms with Gasteiger partial charge in [-0.05, 0) is 48.6 Å². The number of benzene rings is 2. The van der Waals surface area contributed by atoms with Crippen molar-refractivity contribution >= 4 is 0 Å². The van der Waals surface area contributed by atoms with Gasteiger partial charge in [0.05, 0.1) is 0 Å². The predicted octanol–water partition coefficient (Wildman–Crippen LogP) is 6.66. The number of phenols is 1. The van der Waals surface area contributed by atoms with E-state index in [1.807, 2.05) is 12.1 Å². The average Bonchev–Trinajstić information content (AvgIpc) is 2.55. The summed E-state index contributed by atoms with van der Waals surface area (Å²) in [6.45, 7) is 4.43. The van der Waals surface area contributed by atoms with Gasteiger partial charge in [0.15, 0.2) is 0 Å². The topological polar surface area (TPSA) is 20.2 Å². The van der Waals surface area contributed by atoms with E-state index in [9.17, 15) is 5.11 Å². The zero-order chi connectivity index (χ0) is 16.5. The van der Waals surface area contributed by atoms with Crippen molar-refractivity contribution in [2.24, 2.45) is 0 Å². The Morgan fingerprint density at radius 2 is 1.43 bits per heavy atom. The van der Waals surface area contributed by atoms with E-state index in [1.165, 1.54) is 67.2 Å². The van der Waals surface area contributed by atoms with E-state index in [2.05, 4.69) is 32.0 Å². The highest BCUT2D eigenvalue weighted by Gasteiger charge is 2.06. The summed E-state index contributed by atoms with van der Waals surface area (Å²) in [6, 6.07) is 14.3. The van der Waals surface area contributed by atoms with Gasteiger partial charge in [0, 0.05) is 0 Å². The van der Waals surface area contributed by atoms with Gasteiger partial charge in [-0.25, -0.2) is 0 Å². The largest absolute Gasteiger partial charge is 0.508 e. The van der Waals surface area contributed by atoms with Crippen molar-refractivity contribution in [1.29, 1.82) is 0 Å². The smallest absolute Gasteiger partial charge is 0.115 e. The molecule has 0 unspecified atom stereocenters. The Balaban J connectivity index is 1.95. The molecule has 1 nitrogen and oxygen atoms in total. The zero-order valence-electron chi connectivity index (χ0n) is 14.6. The van der Waals surface area contributed by atoms with Gasteiger partial charge in [-0.2, -0.15) is 0 Å². The normalized spacial score (nSPS) is 10.9. The van der Waals surface area contributed by atoms with Gasteiger partial charge in [-0.15, -0.1) is 0 Å². The zero-order valence-corrected chi connectivity index (χ0v) is 14.6. The maximum absolute atomic E-state index is 9.48. The summed E-state index contributed by atoms with van der Waals surface area (Å²) in [4.78, 5) is 0. The number of unbranched alkanes of at least 4 members (excludes halogenated alkanes) is 6. The summed E-state index contributed by atoms with van der Waals surface area (Å²) in [5.74, 6) is 0.328. The van der Waals surface area contributed by atoms with Crippen molar-refractivity contribution in [3.8, 4) is 16.9 Å². The lowest BCUT2D eigenvalue weighted by atomic mass is 9.94. The number of aromatic hydroxyl groups is 1. The Hall–Kier alpha value is -1.76. The molecule has 2 rings (SSSR count). The van der Waals surface area contributed by atoms with Crippen molar-refractivity contribution in [3.05, 3.63) is 53.6 Å². The number of phenolic OH excluding ortho intramolecular Hbond substituents is 1. The van der Waals surface area contributed by atoms with E-state index in [0.29, 0.717) is 5.75 Å². The molecular formula is C22H30O. The maximum atomic E-state index is 9.48. The lowest BCUT2D eigenvalue weighted by molar-refractivity contribution is 0.475. The molecule has 23 heavy (non-hydrogen) atoms. The summed E-state index contributed by atoms with van der Waals surface area (Å²) in [5.41, 5.74) is 5.26. The van der Waals surface area contributed by atoms with Crippen LogP contribution >= 0.6 is 0 Å². The second-order valence-electron chi connectivity index (χ2n) is 6.58. The molecule has 0 amide bonds. The average molecular weight is 310 g/mol. The molecule has 0 saturated heterocycles. The van der Waals surface area contributed by atoms with Crippen LogP contribution in [0.3, 0.4) is 0 Å². The maximum Gasteiger partial charge on any atom is 0.115 e. The standard InChI is InChI=1S/C22H30O/c1-3-4-5-6-7-8-9-10-20-17-18(2)11-16-22(20)19-12-14-21(23)15-13-19/h11-17,23H,3-10H2,1-2H3. The molecule has 0 bridgehead atoms. The molecule has 1 N–H and O–H groups in total. The van der Waals surface area contributed by atoms with E-state index >= 15 is 0 Å². The highest BCUT2D eigenvalue weighted by atomic mass is 16.3. The van der Waals surface area contributed by atoms with Gasteiger partial charge < -0.3 is 5.11 Å². The third-order valence-corrected chi connectivity index (χ3v) is 4.49. The van der Waals surface area contributed by atoms with E-state index in [1.54, 1.807) is 12.1 Å². The molecule has 0 atom stereocenters. The van der Waals surface area contributed by atoms with Gasteiger partial charge in [-0.3, -0.25) is 0 Å². The fourth-order valence-electron chi connectivity index (χ4n) is 3.12. The van der Waals surface area contributed by atoms with Gasteiger partial charge in [0.2, 0.25) is 0 Å². The Kier molecular flexibility index (Phi) is 7.19. The predicted molar refractivity (Wildman–Crippen MR) is 100.0 cm³/mol. The molecule has 0 saturated carbocycles. The summed E-state index contributed by atoms with van der Waals surface area (Å²) >= 11 is 0. The monoisotopic (exact) mass is 310 g/mol. The summed E-state index contributed by atoms with van der Waals surface area (Å²) in [5, 5.41) is 9.48. The van der Waals surface area contributed by atoms with Gasteiger partial charge in [0.25, 0.3) is 0 Å². The summed E-state index contributed by atoms with van der Waals surface area (Å²) < 4.78 is 0. The first kappa shape index (κ1) is 17.6. The van der Waals surface area contributed by atoms with E-state index in [4.69, 9.17) is 0 Å². The minimum absolute atomic E-state index is 0.328. The van der Waals surface area contributed by atoms with Crippen molar-refractivity contribution in [2.45, 2.75) is 65.2 Å². The molecule has 124 valence electrons. The lowest BCUT2D eigenvalue weighted by Gasteiger charge is -2.11. The molecule has 0 aliphatic rings. The van der Waals surface area contributed by atoms with Crippen LogP contribution in [-0.2, 0) is 6.42 Å². The van der Waals surface area contributed by atoms with Crippen molar-refractivity contribution in [3.63, 3.8) is 0 Å². The van der Waals surface area contributed by atoms with Crippen molar-refractivity contribution in [1.82, 2.24) is 0 Å². The molecule has 2 aromatic carbocycles. The second kappa shape index (κ2) is 9.39. The van der Waals surface area contributed by atoms with Gasteiger partial charge in [0.1, 0.15) is 5.75 Å². The number of aryl methyl sites for hydroxylation is 2. The minimum atomic E-state index is 0.328. The molecule has 2 aromatic rings. The third kappa shape index (κ3) is 5.74. The fraction of sp³-hybridized carbons (Fsp3) is 0.455. The number of hydrogen-bond donors (Lipinski definition) is 1. The highest BCUT2D eigenvalue weighted by molar-refractivity contribution is 5.68. The Morgan fingerprint density at radius 1 is 0.783 bits per heavy atom. The molecule has 0 fully saturated rings. The van der Waals surface area contributed by atoms with Crippen molar-refractivity contribution in [2.75, 3.05) is 0 Å². The summed E-state index contributed by atoms with van der Waals surface area (Å²) in [6.07, 6.45) is 10.6. The number of hydrogen-bond acceptors (Lipinski definition) is 1. The highest BCUT2D eigenvalue weighted by Crippen LogP contribution is 2.27. The Morgan fingerprint density at radius 3 is 2.13 bits per heavy atom. The SMILES string of the molecule is CCCCCCCCCc1cc(C)ccc1-c1ccc(O)cc1. The van der Waals surface area contributed by atoms with Crippen LogP contribution in [0.4, 0.5) is 0 Å². The molecule has 0 aliphatic heterocycles. The molecule has 1 heteroatoms. The fourth-order valence-corrected chi connectivity index (χ4v) is 3.12. The van der Waals surface area contributed by atoms with Crippen LogP contribution in [0.1, 0.15) is 63.0 Å². The molecular weight excluding hydrogens is 280 g/mol. The van der Waals surface area contributed by atoms with E-state index < -0.39 is 0 Å².